The van der Waals surface area contributed by atoms with E-state index >= 15 is 0 Å². The summed E-state index contributed by atoms with van der Waals surface area (Å²) in [6.45, 7) is 0. The molecular weight excluding hydrogens is 711 g/mol. The molecule has 0 bridgehead atoms. The number of fused-ring (bicyclic) bond motifs is 3. The van der Waals surface area contributed by atoms with E-state index in [1.54, 1.807) is 0 Å². The number of benzene rings is 10. The minimum absolute atomic E-state index is 0. The van der Waals surface area contributed by atoms with Gasteiger partial charge in [-0.1, -0.05) is 200 Å². The Balaban J connectivity index is 0.00000462. The molecule has 0 fully saturated rings. The van der Waals surface area contributed by atoms with Gasteiger partial charge in [-0.25, -0.2) is 0 Å². The van der Waals surface area contributed by atoms with Crippen molar-refractivity contribution >= 4 is 73.7 Å². The minimum atomic E-state index is 0. The van der Waals surface area contributed by atoms with Gasteiger partial charge >= 0.3 is 0 Å². The first-order chi connectivity index (χ1) is 29.2. The standard InChI is InChI=1S/C58H41N.H2/c1-3-14-42(15-4-1)26-27-43-30-36-51(37-31-43)59(50-20-5-2-6-21-50)52-38-32-44(33-39-52)28-29-45-16-13-19-48(40-45)57-53-22-9-11-24-55(53)58(56-25-12-10-23-54(56)57)49-35-34-46-17-7-8-18-47(46)41-49;/h1-41H;1H/b27-26+,29-28+;/i;1+1. The highest BCUT2D eigenvalue weighted by atomic mass is 15.1. The average molecular weight is 755 g/mol. The summed E-state index contributed by atoms with van der Waals surface area (Å²) in [6.07, 6.45) is 8.75. The van der Waals surface area contributed by atoms with Crippen molar-refractivity contribution in [2.24, 2.45) is 0 Å². The monoisotopic (exact) mass is 754 g/mol. The van der Waals surface area contributed by atoms with E-state index in [0.717, 1.165) is 33.8 Å². The second-order valence-corrected chi connectivity index (χ2v) is 15.0. The molecule has 10 rings (SSSR count). The first-order valence-corrected chi connectivity index (χ1v) is 20.2. The third kappa shape index (κ3) is 7.34. The summed E-state index contributed by atoms with van der Waals surface area (Å²) in [5, 5.41) is 7.55. The van der Waals surface area contributed by atoms with E-state index in [0.29, 0.717) is 0 Å². The predicted octanol–water partition coefficient (Wildman–Crippen LogP) is 16.5. The Morgan fingerprint density at radius 1 is 0.271 bits per heavy atom. The molecule has 0 unspecified atom stereocenters. The van der Waals surface area contributed by atoms with E-state index in [2.05, 4.69) is 248 Å². The fourth-order valence-electron chi connectivity index (χ4n) is 8.34. The summed E-state index contributed by atoms with van der Waals surface area (Å²) in [6, 6.07) is 80.8. The predicted molar refractivity (Wildman–Crippen MR) is 257 cm³/mol. The molecular formula is C58H43N. The van der Waals surface area contributed by atoms with Crippen molar-refractivity contribution in [2.45, 2.75) is 0 Å². The molecule has 0 amide bonds. The molecule has 59 heavy (non-hydrogen) atoms. The third-order valence-corrected chi connectivity index (χ3v) is 11.2. The van der Waals surface area contributed by atoms with Crippen LogP contribution in [0.3, 0.4) is 0 Å². The lowest BCUT2D eigenvalue weighted by molar-refractivity contribution is 1.28. The molecule has 1 heteroatoms. The van der Waals surface area contributed by atoms with Crippen LogP contribution in [0.25, 0.3) is 78.9 Å². The Labute approximate surface area is 347 Å². The van der Waals surface area contributed by atoms with Crippen LogP contribution in [0.4, 0.5) is 17.1 Å². The number of nitrogens with zero attached hydrogens (tertiary/aromatic N) is 1. The molecule has 0 saturated carbocycles. The van der Waals surface area contributed by atoms with Gasteiger partial charge in [0.25, 0.3) is 0 Å². The van der Waals surface area contributed by atoms with Crippen molar-refractivity contribution in [1.29, 1.82) is 0 Å². The smallest absolute Gasteiger partial charge is 0.0462 e. The van der Waals surface area contributed by atoms with Gasteiger partial charge in [0.1, 0.15) is 0 Å². The van der Waals surface area contributed by atoms with Gasteiger partial charge in [-0.3, -0.25) is 0 Å². The molecule has 0 aliphatic rings. The Hall–Kier alpha value is -7.74. The highest BCUT2D eigenvalue weighted by molar-refractivity contribution is 6.21. The highest BCUT2D eigenvalue weighted by Gasteiger charge is 2.17. The fraction of sp³-hybridized carbons (Fsp3) is 0. The van der Waals surface area contributed by atoms with Gasteiger partial charge in [0.2, 0.25) is 0 Å². The first kappa shape index (κ1) is 35.7. The maximum Gasteiger partial charge on any atom is 0.0462 e. The van der Waals surface area contributed by atoms with Crippen molar-refractivity contribution in [1.82, 2.24) is 0 Å². The van der Waals surface area contributed by atoms with E-state index < -0.39 is 0 Å². The van der Waals surface area contributed by atoms with Gasteiger partial charge < -0.3 is 4.90 Å². The molecule has 10 aromatic rings. The van der Waals surface area contributed by atoms with Gasteiger partial charge in [0.05, 0.1) is 0 Å². The lowest BCUT2D eigenvalue weighted by atomic mass is 9.85. The molecule has 10 aromatic carbocycles. The third-order valence-electron chi connectivity index (χ3n) is 11.2. The number of para-hydroxylation sites is 1. The summed E-state index contributed by atoms with van der Waals surface area (Å²) in [5.74, 6) is 0. The van der Waals surface area contributed by atoms with Crippen LogP contribution < -0.4 is 4.90 Å². The summed E-state index contributed by atoms with van der Waals surface area (Å²) < 4.78 is 0. The summed E-state index contributed by atoms with van der Waals surface area (Å²) >= 11 is 0. The Morgan fingerprint density at radius 2 is 0.678 bits per heavy atom. The largest absolute Gasteiger partial charge is 0.311 e. The van der Waals surface area contributed by atoms with E-state index in [-0.39, 0.29) is 1.43 Å². The number of hydrogen-bond acceptors (Lipinski definition) is 1. The quantitative estimate of drug-likeness (QED) is 0.105. The Bertz CT molecular complexity index is 3070. The van der Waals surface area contributed by atoms with Crippen molar-refractivity contribution in [3.05, 3.63) is 247 Å². The molecule has 280 valence electrons. The zero-order valence-electron chi connectivity index (χ0n) is 32.6. The van der Waals surface area contributed by atoms with Gasteiger partial charge in [-0.2, -0.15) is 0 Å². The number of anilines is 3. The highest BCUT2D eigenvalue weighted by Crippen LogP contribution is 2.44. The van der Waals surface area contributed by atoms with Crippen LogP contribution in [0.5, 0.6) is 0 Å². The van der Waals surface area contributed by atoms with Crippen LogP contribution in [0.2, 0.25) is 0 Å². The topological polar surface area (TPSA) is 3.24 Å². The summed E-state index contributed by atoms with van der Waals surface area (Å²) in [5.41, 5.74) is 13.0. The SMILES string of the molecule is C(=C\c1ccc(N(c2ccccc2)c2ccc(/C=C/c3cccc(-c4c5ccccc5c(-c5ccc6ccccc6c5)c5ccccc45)c3)cc2)cc1)/c1ccccc1.[2HH]. The second kappa shape index (κ2) is 16.0. The molecule has 0 N–H and O–H groups in total. The maximum absolute atomic E-state index is 2.34. The Kier molecular flexibility index (Phi) is 9.68. The number of hydrogen-bond donors (Lipinski definition) is 0. The van der Waals surface area contributed by atoms with Gasteiger partial charge in [-0.05, 0) is 125 Å². The van der Waals surface area contributed by atoms with Crippen molar-refractivity contribution in [3.63, 3.8) is 0 Å². The van der Waals surface area contributed by atoms with Crippen LogP contribution in [0.15, 0.2) is 224 Å². The summed E-state index contributed by atoms with van der Waals surface area (Å²) in [7, 11) is 0. The molecule has 0 spiro atoms. The first-order valence-electron chi connectivity index (χ1n) is 20.2. The van der Waals surface area contributed by atoms with E-state index in [4.69, 9.17) is 0 Å². The fourth-order valence-corrected chi connectivity index (χ4v) is 8.34. The van der Waals surface area contributed by atoms with Gasteiger partial charge in [0, 0.05) is 18.5 Å². The number of rotatable bonds is 9. The molecule has 0 aromatic heterocycles. The minimum Gasteiger partial charge on any atom is -0.311 e. The van der Waals surface area contributed by atoms with Crippen LogP contribution in [0, 0.1) is 0 Å². The van der Waals surface area contributed by atoms with Crippen LogP contribution >= 0.6 is 0 Å². The van der Waals surface area contributed by atoms with E-state index in [1.807, 2.05) is 6.07 Å². The molecule has 0 heterocycles. The average Bonchev–Trinajstić information content (AvgIpc) is 3.31. The van der Waals surface area contributed by atoms with E-state index in [1.165, 1.54) is 60.1 Å². The van der Waals surface area contributed by atoms with Gasteiger partial charge in [-0.15, -0.1) is 0 Å². The normalized spacial score (nSPS) is 11.6. The van der Waals surface area contributed by atoms with Crippen molar-refractivity contribution in [3.8, 4) is 22.3 Å². The Morgan fingerprint density at radius 3 is 1.24 bits per heavy atom. The lowest BCUT2D eigenvalue weighted by Gasteiger charge is -2.25. The second-order valence-electron chi connectivity index (χ2n) is 15.0. The van der Waals surface area contributed by atoms with Crippen LogP contribution in [0.1, 0.15) is 23.7 Å². The zero-order chi connectivity index (χ0) is 39.4. The maximum atomic E-state index is 2.34. The van der Waals surface area contributed by atoms with E-state index in [9.17, 15) is 0 Å². The van der Waals surface area contributed by atoms with Crippen molar-refractivity contribution in [2.75, 3.05) is 4.90 Å². The molecule has 0 saturated heterocycles. The molecule has 0 radical (unpaired) electrons. The molecule has 0 atom stereocenters. The molecule has 0 aliphatic heterocycles. The zero-order valence-corrected chi connectivity index (χ0v) is 32.6. The lowest BCUT2D eigenvalue weighted by Crippen LogP contribution is -2.09. The van der Waals surface area contributed by atoms with Gasteiger partial charge in [0.15, 0.2) is 0 Å². The van der Waals surface area contributed by atoms with Crippen LogP contribution in [-0.2, 0) is 0 Å². The molecule has 0 aliphatic carbocycles. The van der Waals surface area contributed by atoms with Crippen LogP contribution in [-0.4, -0.2) is 0 Å². The summed E-state index contributed by atoms with van der Waals surface area (Å²) in [4.78, 5) is 2.31. The van der Waals surface area contributed by atoms with Crippen molar-refractivity contribution < 1.29 is 1.43 Å². The molecule has 1 nitrogen and oxygen atoms in total.